The summed E-state index contributed by atoms with van der Waals surface area (Å²) in [5, 5.41) is 0. The summed E-state index contributed by atoms with van der Waals surface area (Å²) in [6.45, 7) is 4.50. The molecule has 0 aliphatic heterocycles. The summed E-state index contributed by atoms with van der Waals surface area (Å²) in [5.74, 6) is 0. The first-order valence-corrected chi connectivity index (χ1v) is 29.9. The SMILES string of the molecule is [C]=O.[H-].[H-].[H-].[Rh+3].c1cc[c]([Sb]([c]2ccccc2)[c]2ccccc2)cc1.c1cc[c]([Sb]([c]2ccccc2)[c]2ccccc2)cc1.c1ccc([As](c2ccccc2)c2ccccc2)cc1. The van der Waals surface area contributed by atoms with E-state index in [-0.39, 0.29) is 23.8 Å². The summed E-state index contributed by atoms with van der Waals surface area (Å²) >= 11 is -5.04. The Morgan fingerprint density at radius 1 is 0.250 bits per heavy atom. The Hall–Kier alpha value is -4.53. The van der Waals surface area contributed by atoms with Gasteiger partial charge in [-0.1, -0.05) is 0 Å². The zero-order valence-electron chi connectivity index (χ0n) is 36.1. The first-order chi connectivity index (χ1) is 29.3. The first-order valence-electron chi connectivity index (χ1n) is 19.4. The molecule has 0 unspecified atom stereocenters. The second-order valence-electron chi connectivity index (χ2n) is 13.0. The standard InChI is InChI=1S/C18H15As.6C6H5.CO.Rh.2Sb.3H/c1-4-10-16(11-5-1)19(17-12-6-2-7-13-17)18-14-8-3-9-15-18;6*1-2-4-6-5-3-1;1-2;;;;;;/h1-15H;6*1-5H;;;;;;;/q;;;;;;;;+3;;;3*-1. The van der Waals surface area contributed by atoms with Crippen LogP contribution in [0.3, 0.4) is 0 Å². The Labute approximate surface area is 393 Å². The summed E-state index contributed by atoms with van der Waals surface area (Å²) < 4.78 is 13.5. The zero-order chi connectivity index (χ0) is 40.7. The minimum atomic E-state index is -1.83. The van der Waals surface area contributed by atoms with E-state index < -0.39 is 55.1 Å². The van der Waals surface area contributed by atoms with Crippen LogP contribution in [0.2, 0.25) is 0 Å². The van der Waals surface area contributed by atoms with Gasteiger partial charge in [0.15, 0.2) is 0 Å². The molecule has 9 aromatic rings. The Bertz CT molecular complexity index is 1910. The van der Waals surface area contributed by atoms with Crippen molar-refractivity contribution in [1.82, 2.24) is 0 Å². The molecule has 0 saturated heterocycles. The fourth-order valence-electron chi connectivity index (χ4n) is 6.54. The molecule has 1 nitrogen and oxygen atoms in total. The summed E-state index contributed by atoms with van der Waals surface area (Å²) in [6.07, 6.45) is 0. The molecule has 298 valence electrons. The van der Waals surface area contributed by atoms with Gasteiger partial charge in [-0.3, -0.25) is 4.79 Å². The molecular weight excluding hydrogens is 1100 g/mol. The Balaban J connectivity index is 0.000000309. The van der Waals surface area contributed by atoms with E-state index in [9.17, 15) is 0 Å². The van der Waals surface area contributed by atoms with Crippen LogP contribution in [0.1, 0.15) is 4.28 Å². The van der Waals surface area contributed by atoms with Gasteiger partial charge in [0, 0.05) is 0 Å². The molecule has 9 rings (SSSR count). The number of hydrogen-bond donors (Lipinski definition) is 0. The van der Waals surface area contributed by atoms with E-state index >= 15 is 0 Å². The van der Waals surface area contributed by atoms with Gasteiger partial charge in [-0.15, -0.1) is 0 Å². The average molecular weight is 1150 g/mol. The van der Waals surface area contributed by atoms with Gasteiger partial charge in [0.25, 0.3) is 6.79 Å². The molecular formula is C55H48AsORhSb2. The van der Waals surface area contributed by atoms with E-state index in [0.29, 0.717) is 0 Å². The van der Waals surface area contributed by atoms with Crippen molar-refractivity contribution < 1.29 is 28.6 Å². The molecule has 2 radical (unpaired) electrons. The molecule has 60 heavy (non-hydrogen) atoms. The third-order valence-electron chi connectivity index (χ3n) is 9.13. The third-order valence-corrected chi connectivity index (χ3v) is 28.2. The van der Waals surface area contributed by atoms with Crippen LogP contribution in [0.5, 0.6) is 0 Å². The van der Waals surface area contributed by atoms with Crippen LogP contribution in [0.25, 0.3) is 0 Å². The van der Waals surface area contributed by atoms with E-state index in [1.54, 1.807) is 0 Å². The Morgan fingerprint density at radius 3 is 0.533 bits per heavy atom. The monoisotopic (exact) mass is 1140 g/mol. The van der Waals surface area contributed by atoms with Gasteiger partial charge < -0.3 is 4.28 Å². The fraction of sp³-hybridized carbons (Fsp3) is 0. The normalized spacial score (nSPS) is 10.1. The summed E-state index contributed by atoms with van der Waals surface area (Å²) in [6, 6.07) is 98.5. The number of hydrogen-bond acceptors (Lipinski definition) is 1. The van der Waals surface area contributed by atoms with Gasteiger partial charge in [-0.05, 0) is 0 Å². The van der Waals surface area contributed by atoms with Crippen molar-refractivity contribution in [2.24, 2.45) is 0 Å². The van der Waals surface area contributed by atoms with Crippen LogP contribution in [-0.2, 0) is 24.3 Å². The van der Waals surface area contributed by atoms with Crippen LogP contribution in [-0.4, -0.2) is 61.9 Å². The van der Waals surface area contributed by atoms with E-state index in [4.69, 9.17) is 4.79 Å². The zero-order valence-corrected chi connectivity index (χ0v) is 41.7. The topological polar surface area (TPSA) is 17.1 Å². The molecule has 0 aliphatic rings. The second kappa shape index (κ2) is 26.6. The van der Waals surface area contributed by atoms with Gasteiger partial charge in [0.05, 0.1) is 0 Å². The van der Waals surface area contributed by atoms with Gasteiger partial charge in [-0.2, -0.15) is 0 Å². The molecule has 0 fully saturated rings. The van der Waals surface area contributed by atoms with Crippen LogP contribution < -0.4 is 34.1 Å². The molecule has 0 spiro atoms. The van der Waals surface area contributed by atoms with Crippen molar-refractivity contribution in [1.29, 1.82) is 0 Å². The number of benzene rings is 9. The minimum absolute atomic E-state index is 0. The van der Waals surface area contributed by atoms with Crippen LogP contribution >= 0.6 is 0 Å². The third kappa shape index (κ3) is 13.7. The maximum absolute atomic E-state index is 7.50. The van der Waals surface area contributed by atoms with Crippen LogP contribution in [0.4, 0.5) is 0 Å². The van der Waals surface area contributed by atoms with Crippen molar-refractivity contribution in [3.05, 3.63) is 273 Å². The molecule has 5 heteroatoms. The predicted molar refractivity (Wildman–Crippen MR) is 261 cm³/mol. The van der Waals surface area contributed by atoms with Crippen LogP contribution in [0.15, 0.2) is 273 Å². The van der Waals surface area contributed by atoms with E-state index in [1.807, 2.05) is 0 Å². The van der Waals surface area contributed by atoms with Gasteiger partial charge in [-0.25, -0.2) is 0 Å². The van der Waals surface area contributed by atoms with Crippen LogP contribution in [0, 0.1) is 0 Å². The van der Waals surface area contributed by atoms with Crippen molar-refractivity contribution >= 4 is 96.0 Å². The van der Waals surface area contributed by atoms with Crippen molar-refractivity contribution in [3.63, 3.8) is 0 Å². The first kappa shape index (κ1) is 46.5. The quantitative estimate of drug-likeness (QED) is 0.150. The second-order valence-corrected chi connectivity index (χ2v) is 30.4. The van der Waals surface area contributed by atoms with Crippen molar-refractivity contribution in [3.8, 4) is 0 Å². The Kier molecular flexibility index (Phi) is 20.7. The predicted octanol–water partition coefficient (Wildman–Crippen LogP) is 6.55. The fourth-order valence-corrected chi connectivity index (χ4v) is 24.5. The molecule has 0 amide bonds. The Morgan fingerprint density at radius 2 is 0.383 bits per heavy atom. The summed E-state index contributed by atoms with van der Waals surface area (Å²) in [7, 11) is 0. The van der Waals surface area contributed by atoms with E-state index in [2.05, 4.69) is 280 Å². The summed E-state index contributed by atoms with van der Waals surface area (Å²) in [5.41, 5.74) is 0. The van der Waals surface area contributed by atoms with Gasteiger partial charge >= 0.3 is 382 Å². The van der Waals surface area contributed by atoms with Crippen molar-refractivity contribution in [2.45, 2.75) is 0 Å². The molecule has 0 saturated carbocycles. The van der Waals surface area contributed by atoms with E-state index in [1.165, 1.54) is 34.1 Å². The average Bonchev–Trinajstić information content (AvgIpc) is 3.34. The number of carbonyl (C=O) groups excluding carboxylic acids is 1. The van der Waals surface area contributed by atoms with E-state index in [0.717, 1.165) is 0 Å². The molecule has 9 aromatic carbocycles. The molecule has 0 bridgehead atoms. The van der Waals surface area contributed by atoms with Crippen molar-refractivity contribution in [2.75, 3.05) is 0 Å². The maximum atomic E-state index is 7.50. The summed E-state index contributed by atoms with van der Waals surface area (Å²) in [4.78, 5) is 7.50. The number of rotatable bonds is 9. The molecule has 0 aromatic heterocycles. The molecule has 0 heterocycles. The van der Waals surface area contributed by atoms with Gasteiger partial charge in [0.2, 0.25) is 0 Å². The molecule has 0 N–H and O–H groups in total. The molecule has 0 aliphatic carbocycles. The molecule has 0 atom stereocenters. The van der Waals surface area contributed by atoms with Gasteiger partial charge in [0.1, 0.15) is 0 Å².